The Hall–Kier alpha value is -1.92. The van der Waals surface area contributed by atoms with E-state index in [4.69, 9.17) is 4.74 Å². The largest absolute Gasteiger partial charge is 0.458 e. The summed E-state index contributed by atoms with van der Waals surface area (Å²) in [6.07, 6.45) is 2.79. The third-order valence-corrected chi connectivity index (χ3v) is 2.42. The highest BCUT2D eigenvalue weighted by Crippen LogP contribution is 2.12. The summed E-state index contributed by atoms with van der Waals surface area (Å²) >= 11 is 0. The Morgan fingerprint density at radius 2 is 2.00 bits per heavy atom. The van der Waals surface area contributed by atoms with Crippen molar-refractivity contribution in [3.63, 3.8) is 0 Å². The summed E-state index contributed by atoms with van der Waals surface area (Å²) in [6.45, 7) is 9.10. The lowest BCUT2D eigenvalue weighted by Gasteiger charge is -2.26. The first-order valence-electron chi connectivity index (χ1n) is 6.53. The summed E-state index contributed by atoms with van der Waals surface area (Å²) in [7, 11) is 0. The first-order chi connectivity index (χ1) is 9.19. The van der Waals surface area contributed by atoms with Gasteiger partial charge in [0.05, 0.1) is 0 Å². The van der Waals surface area contributed by atoms with Crippen LogP contribution < -0.4 is 5.32 Å². The zero-order valence-electron chi connectivity index (χ0n) is 12.6. The lowest BCUT2D eigenvalue weighted by Crippen LogP contribution is -2.48. The first-order valence-corrected chi connectivity index (χ1v) is 6.53. The Bertz CT molecular complexity index is 449. The number of aromatic nitrogens is 3. The van der Waals surface area contributed by atoms with Crippen molar-refractivity contribution in [3.05, 3.63) is 12.7 Å². The Morgan fingerprint density at radius 1 is 1.35 bits per heavy atom. The third-order valence-electron chi connectivity index (χ3n) is 2.42. The summed E-state index contributed by atoms with van der Waals surface area (Å²) < 4.78 is 6.70. The van der Waals surface area contributed by atoms with Gasteiger partial charge >= 0.3 is 5.97 Å². The van der Waals surface area contributed by atoms with Gasteiger partial charge in [-0.2, -0.15) is 5.10 Å². The molecular formula is C13H22N4O3. The minimum Gasteiger partial charge on any atom is -0.458 e. The molecule has 0 saturated heterocycles. The number of nitrogens with zero attached hydrogens (tertiary/aromatic N) is 3. The molecule has 1 rings (SSSR count). The number of hydrogen-bond donors (Lipinski definition) is 1. The molecule has 0 fully saturated rings. The number of rotatable bonds is 5. The van der Waals surface area contributed by atoms with Crippen molar-refractivity contribution < 1.29 is 14.3 Å². The van der Waals surface area contributed by atoms with Gasteiger partial charge < -0.3 is 10.1 Å². The van der Waals surface area contributed by atoms with Crippen LogP contribution in [0.1, 0.15) is 34.6 Å². The average molecular weight is 282 g/mol. The molecule has 1 heterocycles. The van der Waals surface area contributed by atoms with E-state index in [1.165, 1.54) is 17.3 Å². The highest BCUT2D eigenvalue weighted by atomic mass is 16.6. The minimum absolute atomic E-state index is 0.0199. The second kappa shape index (κ2) is 6.49. The summed E-state index contributed by atoms with van der Waals surface area (Å²) in [5.41, 5.74) is -0.582. The van der Waals surface area contributed by atoms with E-state index in [0.29, 0.717) is 0 Å². The van der Waals surface area contributed by atoms with Gasteiger partial charge in [-0.15, -0.1) is 0 Å². The molecule has 1 N–H and O–H groups in total. The van der Waals surface area contributed by atoms with Crippen LogP contribution >= 0.6 is 0 Å². The van der Waals surface area contributed by atoms with Crippen LogP contribution in [0.3, 0.4) is 0 Å². The van der Waals surface area contributed by atoms with Crippen LogP contribution in [0.15, 0.2) is 12.7 Å². The van der Waals surface area contributed by atoms with Gasteiger partial charge in [0, 0.05) is 0 Å². The first kappa shape index (κ1) is 16.1. The molecule has 0 bridgehead atoms. The van der Waals surface area contributed by atoms with E-state index in [9.17, 15) is 9.59 Å². The Labute approximate surface area is 118 Å². The monoisotopic (exact) mass is 282 g/mol. The van der Waals surface area contributed by atoms with E-state index in [0.717, 1.165) is 0 Å². The maximum Gasteiger partial charge on any atom is 0.329 e. The van der Waals surface area contributed by atoms with E-state index in [1.807, 2.05) is 13.8 Å². The van der Waals surface area contributed by atoms with Gasteiger partial charge in [-0.3, -0.25) is 4.79 Å². The van der Waals surface area contributed by atoms with E-state index >= 15 is 0 Å². The Balaban J connectivity index is 2.63. The van der Waals surface area contributed by atoms with Crippen LogP contribution in [-0.2, 0) is 20.9 Å². The minimum atomic E-state index is -0.676. The van der Waals surface area contributed by atoms with Crippen LogP contribution in [0.4, 0.5) is 0 Å². The molecule has 0 unspecified atom stereocenters. The molecular weight excluding hydrogens is 260 g/mol. The number of hydrogen-bond acceptors (Lipinski definition) is 5. The van der Waals surface area contributed by atoms with Gasteiger partial charge in [0.15, 0.2) is 0 Å². The molecule has 0 spiro atoms. The van der Waals surface area contributed by atoms with Crippen LogP contribution in [0.5, 0.6) is 0 Å². The lowest BCUT2D eigenvalue weighted by atomic mass is 10.0. The summed E-state index contributed by atoms with van der Waals surface area (Å²) in [5, 5.41) is 6.52. The molecule has 7 nitrogen and oxygen atoms in total. The molecule has 112 valence electrons. The van der Waals surface area contributed by atoms with Crippen molar-refractivity contribution in [2.24, 2.45) is 5.92 Å². The van der Waals surface area contributed by atoms with E-state index in [1.54, 1.807) is 20.8 Å². The van der Waals surface area contributed by atoms with Crippen LogP contribution in [0, 0.1) is 5.92 Å². The van der Waals surface area contributed by atoms with Crippen molar-refractivity contribution in [1.82, 2.24) is 20.1 Å². The molecule has 1 aromatic rings. The fourth-order valence-corrected chi connectivity index (χ4v) is 1.54. The SMILES string of the molecule is CC(C)[C@@H](NC(=O)Cn1cncn1)C(=O)OC(C)(C)C. The van der Waals surface area contributed by atoms with Gasteiger partial charge in [0.25, 0.3) is 0 Å². The molecule has 1 amide bonds. The summed E-state index contributed by atoms with van der Waals surface area (Å²) in [5.74, 6) is -0.802. The number of nitrogens with one attached hydrogen (secondary N) is 1. The molecule has 1 aromatic heterocycles. The highest BCUT2D eigenvalue weighted by Gasteiger charge is 2.29. The smallest absolute Gasteiger partial charge is 0.329 e. The van der Waals surface area contributed by atoms with Crippen LogP contribution in [-0.4, -0.2) is 38.3 Å². The van der Waals surface area contributed by atoms with Gasteiger partial charge in [-0.1, -0.05) is 13.8 Å². The van der Waals surface area contributed by atoms with E-state index < -0.39 is 17.6 Å². The predicted molar refractivity (Wildman–Crippen MR) is 72.6 cm³/mol. The number of ether oxygens (including phenoxy) is 1. The highest BCUT2D eigenvalue weighted by molar-refractivity contribution is 5.84. The number of amides is 1. The summed E-state index contributed by atoms with van der Waals surface area (Å²) in [6, 6.07) is -0.676. The molecule has 1 atom stereocenters. The number of carbonyl (C=O) groups is 2. The average Bonchev–Trinajstić information content (AvgIpc) is 2.75. The quantitative estimate of drug-likeness (QED) is 0.806. The maximum atomic E-state index is 12.1. The topological polar surface area (TPSA) is 86.1 Å². The maximum absolute atomic E-state index is 12.1. The predicted octanol–water partition coefficient (Wildman–Crippen LogP) is 0.761. The summed E-state index contributed by atoms with van der Waals surface area (Å²) in [4.78, 5) is 27.7. The Kier molecular flexibility index (Phi) is 5.24. The van der Waals surface area contributed by atoms with Gasteiger partial charge in [-0.25, -0.2) is 14.5 Å². The molecule has 0 saturated carbocycles. The zero-order chi connectivity index (χ0) is 15.3. The van der Waals surface area contributed by atoms with Crippen molar-refractivity contribution in [3.8, 4) is 0 Å². The molecule has 0 aliphatic rings. The van der Waals surface area contributed by atoms with Crippen molar-refractivity contribution in [2.45, 2.75) is 52.8 Å². The second-order valence-corrected chi connectivity index (χ2v) is 5.92. The second-order valence-electron chi connectivity index (χ2n) is 5.92. The molecule has 0 aromatic carbocycles. The number of esters is 1. The van der Waals surface area contributed by atoms with E-state index in [2.05, 4.69) is 15.4 Å². The molecule has 20 heavy (non-hydrogen) atoms. The lowest BCUT2D eigenvalue weighted by molar-refractivity contribution is -0.160. The molecule has 0 aliphatic heterocycles. The van der Waals surface area contributed by atoms with Crippen molar-refractivity contribution in [1.29, 1.82) is 0 Å². The normalized spacial score (nSPS) is 13.1. The van der Waals surface area contributed by atoms with E-state index in [-0.39, 0.29) is 18.4 Å². The van der Waals surface area contributed by atoms with Crippen molar-refractivity contribution >= 4 is 11.9 Å². The molecule has 0 radical (unpaired) electrons. The fraction of sp³-hybridized carbons (Fsp3) is 0.692. The molecule has 0 aliphatic carbocycles. The molecule has 7 heteroatoms. The third kappa shape index (κ3) is 5.38. The zero-order valence-corrected chi connectivity index (χ0v) is 12.6. The fourth-order valence-electron chi connectivity index (χ4n) is 1.54. The van der Waals surface area contributed by atoms with Gasteiger partial charge in [0.1, 0.15) is 30.8 Å². The van der Waals surface area contributed by atoms with Crippen molar-refractivity contribution in [2.75, 3.05) is 0 Å². The van der Waals surface area contributed by atoms with Crippen LogP contribution in [0.2, 0.25) is 0 Å². The number of carbonyl (C=O) groups excluding carboxylic acids is 2. The standard InChI is InChI=1S/C13H22N4O3/c1-9(2)11(12(19)20-13(3,4)5)16-10(18)6-17-8-14-7-15-17/h7-9,11H,6H2,1-5H3,(H,16,18)/t11-/m1/s1. The Morgan fingerprint density at radius 3 is 2.45 bits per heavy atom. The van der Waals surface area contributed by atoms with Gasteiger partial charge in [0.2, 0.25) is 5.91 Å². The van der Waals surface area contributed by atoms with Crippen LogP contribution in [0.25, 0.3) is 0 Å². The van der Waals surface area contributed by atoms with Gasteiger partial charge in [-0.05, 0) is 26.7 Å².